The molecule has 3 rings (SSSR count). The molecule has 2 aromatic rings. The van der Waals surface area contributed by atoms with Crippen molar-refractivity contribution in [3.63, 3.8) is 0 Å². The molecule has 1 saturated heterocycles. The van der Waals surface area contributed by atoms with E-state index in [0.29, 0.717) is 31.7 Å². The highest BCUT2D eigenvalue weighted by Gasteiger charge is 2.44. The van der Waals surface area contributed by atoms with Crippen LogP contribution in [0.15, 0.2) is 40.8 Å². The van der Waals surface area contributed by atoms with Crippen LogP contribution in [0.25, 0.3) is 0 Å². The maximum Gasteiger partial charge on any atom is 0.314 e. The summed E-state index contributed by atoms with van der Waals surface area (Å²) in [4.78, 5) is 26.5. The molecule has 5 nitrogen and oxygen atoms in total. The van der Waals surface area contributed by atoms with Crippen LogP contribution in [0.5, 0.6) is 0 Å². The number of furan rings is 1. The zero-order valence-electron chi connectivity index (χ0n) is 14.6. The molecular weight excluding hydrogens is 318 g/mol. The number of rotatable bonds is 4. The van der Waals surface area contributed by atoms with Gasteiger partial charge in [-0.3, -0.25) is 9.59 Å². The van der Waals surface area contributed by atoms with E-state index < -0.39 is 11.4 Å². The number of benzene rings is 1. The van der Waals surface area contributed by atoms with Crippen molar-refractivity contribution in [1.82, 2.24) is 4.90 Å². The highest BCUT2D eigenvalue weighted by molar-refractivity contribution is 5.93. The molecule has 0 aliphatic carbocycles. The number of hydrogen-bond acceptors (Lipinski definition) is 3. The average molecular weight is 341 g/mol. The first-order valence-electron chi connectivity index (χ1n) is 8.65. The van der Waals surface area contributed by atoms with Crippen molar-refractivity contribution in [2.75, 3.05) is 13.1 Å². The molecule has 1 aromatic heterocycles. The highest BCUT2D eigenvalue weighted by Crippen LogP contribution is 2.36. The van der Waals surface area contributed by atoms with Gasteiger partial charge in [-0.1, -0.05) is 37.3 Å². The number of nitrogens with zero attached hydrogens (tertiary/aromatic N) is 1. The van der Waals surface area contributed by atoms with Crippen LogP contribution in [-0.4, -0.2) is 35.0 Å². The van der Waals surface area contributed by atoms with E-state index in [1.807, 2.05) is 50.2 Å². The molecule has 0 unspecified atom stereocenters. The van der Waals surface area contributed by atoms with E-state index in [0.717, 1.165) is 23.3 Å². The fourth-order valence-corrected chi connectivity index (χ4v) is 3.55. The molecule has 1 aromatic carbocycles. The Kier molecular flexibility index (Phi) is 4.66. The molecule has 132 valence electrons. The number of carboxylic acid groups (broad SMARTS) is 1. The van der Waals surface area contributed by atoms with Crippen molar-refractivity contribution in [2.45, 2.75) is 38.5 Å². The van der Waals surface area contributed by atoms with Gasteiger partial charge >= 0.3 is 5.97 Å². The molecule has 0 radical (unpaired) electrons. The van der Waals surface area contributed by atoms with Crippen LogP contribution >= 0.6 is 0 Å². The van der Waals surface area contributed by atoms with Crippen LogP contribution in [0.2, 0.25) is 0 Å². The van der Waals surface area contributed by atoms with Gasteiger partial charge < -0.3 is 14.4 Å². The average Bonchev–Trinajstić information content (AvgIpc) is 3.02. The van der Waals surface area contributed by atoms with Crippen LogP contribution in [0.3, 0.4) is 0 Å². The lowest BCUT2D eigenvalue weighted by Crippen LogP contribution is -2.49. The van der Waals surface area contributed by atoms with Gasteiger partial charge in [0.2, 0.25) is 0 Å². The lowest BCUT2D eigenvalue weighted by Gasteiger charge is -2.39. The largest absolute Gasteiger partial charge is 0.481 e. The molecule has 0 spiro atoms. The lowest BCUT2D eigenvalue weighted by atomic mass is 9.73. The molecular formula is C20H23NO4. The third-order valence-electron chi connectivity index (χ3n) is 5.15. The van der Waals surface area contributed by atoms with Gasteiger partial charge in [-0.2, -0.15) is 0 Å². The van der Waals surface area contributed by atoms with Gasteiger partial charge in [0.1, 0.15) is 5.76 Å². The van der Waals surface area contributed by atoms with Crippen LogP contribution in [-0.2, 0) is 16.6 Å². The standard InChI is InChI=1S/C20H23NO4/c1-3-16-13-14(2)17(25-16)18(22)21-11-9-20(10-12-21,19(23)24)15-7-5-4-6-8-15/h4-8,13H,3,9-12H2,1-2H3,(H,23,24). The van der Waals surface area contributed by atoms with Crippen molar-refractivity contribution in [3.8, 4) is 0 Å². The summed E-state index contributed by atoms with van der Waals surface area (Å²) in [6, 6.07) is 11.2. The van der Waals surface area contributed by atoms with E-state index in [1.54, 1.807) is 4.90 Å². The quantitative estimate of drug-likeness (QED) is 0.925. The van der Waals surface area contributed by atoms with Crippen LogP contribution < -0.4 is 0 Å². The predicted octanol–water partition coefficient (Wildman–Crippen LogP) is 3.41. The van der Waals surface area contributed by atoms with Crippen molar-refractivity contribution < 1.29 is 19.1 Å². The second kappa shape index (κ2) is 6.75. The van der Waals surface area contributed by atoms with E-state index in [-0.39, 0.29) is 5.91 Å². The Hall–Kier alpha value is -2.56. The SMILES string of the molecule is CCc1cc(C)c(C(=O)N2CCC(C(=O)O)(c3ccccc3)CC2)o1. The van der Waals surface area contributed by atoms with Gasteiger partial charge in [0.05, 0.1) is 5.41 Å². The second-order valence-electron chi connectivity index (χ2n) is 6.62. The molecule has 5 heteroatoms. The third-order valence-corrected chi connectivity index (χ3v) is 5.15. The first-order chi connectivity index (χ1) is 12.0. The monoisotopic (exact) mass is 341 g/mol. The zero-order valence-corrected chi connectivity index (χ0v) is 14.6. The molecule has 0 saturated carbocycles. The van der Waals surface area contributed by atoms with E-state index in [9.17, 15) is 14.7 Å². The van der Waals surface area contributed by atoms with Crippen molar-refractivity contribution in [1.29, 1.82) is 0 Å². The van der Waals surface area contributed by atoms with E-state index in [1.165, 1.54) is 0 Å². The van der Waals surface area contributed by atoms with Gasteiger partial charge in [0.25, 0.3) is 5.91 Å². The van der Waals surface area contributed by atoms with Gasteiger partial charge in [0.15, 0.2) is 5.76 Å². The maximum atomic E-state index is 12.8. The molecule has 1 aliphatic rings. The maximum absolute atomic E-state index is 12.8. The number of carbonyl (C=O) groups excluding carboxylic acids is 1. The summed E-state index contributed by atoms with van der Waals surface area (Å²) in [5.74, 6) is 0.193. The summed E-state index contributed by atoms with van der Waals surface area (Å²) < 4.78 is 5.66. The number of aliphatic carboxylic acids is 1. The molecule has 1 amide bonds. The number of likely N-dealkylation sites (tertiary alicyclic amines) is 1. The van der Waals surface area contributed by atoms with E-state index in [2.05, 4.69) is 0 Å². The summed E-state index contributed by atoms with van der Waals surface area (Å²) in [6.45, 7) is 4.66. The Morgan fingerprint density at radius 1 is 1.20 bits per heavy atom. The number of hydrogen-bond donors (Lipinski definition) is 1. The van der Waals surface area contributed by atoms with Gasteiger partial charge in [-0.05, 0) is 31.4 Å². The van der Waals surface area contributed by atoms with Crippen LogP contribution in [0.1, 0.15) is 47.2 Å². The molecule has 0 atom stereocenters. The second-order valence-corrected chi connectivity index (χ2v) is 6.62. The molecule has 25 heavy (non-hydrogen) atoms. The topological polar surface area (TPSA) is 70.8 Å². The Morgan fingerprint density at radius 3 is 2.36 bits per heavy atom. The van der Waals surface area contributed by atoms with Gasteiger partial charge in [-0.15, -0.1) is 0 Å². The van der Waals surface area contributed by atoms with Crippen molar-refractivity contribution >= 4 is 11.9 Å². The summed E-state index contributed by atoms with van der Waals surface area (Å²) in [5, 5.41) is 9.84. The Bertz CT molecular complexity index is 770. The normalized spacial score (nSPS) is 16.6. The smallest absolute Gasteiger partial charge is 0.314 e. The summed E-state index contributed by atoms with van der Waals surface area (Å²) in [6.07, 6.45) is 1.54. The van der Waals surface area contributed by atoms with Crippen molar-refractivity contribution in [2.24, 2.45) is 0 Å². The fourth-order valence-electron chi connectivity index (χ4n) is 3.55. The molecule has 1 fully saturated rings. The number of piperidine rings is 1. The van der Waals surface area contributed by atoms with Crippen LogP contribution in [0.4, 0.5) is 0 Å². The first kappa shape index (κ1) is 17.3. The first-order valence-corrected chi connectivity index (χ1v) is 8.65. The molecule has 1 aliphatic heterocycles. The summed E-state index contributed by atoms with van der Waals surface area (Å²) in [5.41, 5.74) is 0.710. The fraction of sp³-hybridized carbons (Fsp3) is 0.400. The van der Waals surface area contributed by atoms with Crippen molar-refractivity contribution in [3.05, 3.63) is 59.0 Å². The summed E-state index contributed by atoms with van der Waals surface area (Å²) >= 11 is 0. The van der Waals surface area contributed by atoms with E-state index >= 15 is 0 Å². The number of aryl methyl sites for hydroxylation is 2. The number of carbonyl (C=O) groups is 2. The Labute approximate surface area is 147 Å². The Balaban J connectivity index is 1.79. The minimum atomic E-state index is -0.926. The zero-order chi connectivity index (χ0) is 18.0. The van der Waals surface area contributed by atoms with Gasteiger partial charge in [0, 0.05) is 25.1 Å². The Morgan fingerprint density at radius 2 is 1.84 bits per heavy atom. The minimum Gasteiger partial charge on any atom is -0.481 e. The summed E-state index contributed by atoms with van der Waals surface area (Å²) in [7, 11) is 0. The minimum absolute atomic E-state index is 0.149. The highest BCUT2D eigenvalue weighted by atomic mass is 16.4. The lowest BCUT2D eigenvalue weighted by molar-refractivity contribution is -0.145. The molecule has 2 heterocycles. The van der Waals surface area contributed by atoms with Gasteiger partial charge in [-0.25, -0.2) is 0 Å². The molecule has 1 N–H and O–H groups in total. The number of carboxylic acids is 1. The van der Waals surface area contributed by atoms with Crippen LogP contribution in [0, 0.1) is 6.92 Å². The predicted molar refractivity (Wildman–Crippen MR) is 93.7 cm³/mol. The molecule has 0 bridgehead atoms. The number of amides is 1. The third kappa shape index (κ3) is 3.06. The van der Waals surface area contributed by atoms with E-state index in [4.69, 9.17) is 4.42 Å².